The molecule has 1 aliphatic rings. The summed E-state index contributed by atoms with van der Waals surface area (Å²) < 4.78 is 41.0. The van der Waals surface area contributed by atoms with Crippen LogP contribution >= 0.6 is 0 Å². The third-order valence-corrected chi connectivity index (χ3v) is 5.44. The van der Waals surface area contributed by atoms with E-state index in [0.717, 1.165) is 25.3 Å². The van der Waals surface area contributed by atoms with E-state index in [9.17, 15) is 12.8 Å². The van der Waals surface area contributed by atoms with Gasteiger partial charge in [-0.2, -0.15) is 0 Å². The molecule has 1 aromatic carbocycles. The molecule has 0 aliphatic heterocycles. The molecule has 6 heteroatoms. The molecule has 1 aromatic rings. The maximum Gasteiger partial charge on any atom is 0.243 e. The number of anilines is 1. The molecule has 0 saturated heterocycles. The Balaban J connectivity index is 2.26. The summed E-state index contributed by atoms with van der Waals surface area (Å²) in [5.74, 6) is -0.763. The highest BCUT2D eigenvalue weighted by Crippen LogP contribution is 2.37. The second-order valence-electron chi connectivity index (χ2n) is 6.36. The molecule has 1 aliphatic carbocycles. The topological polar surface area (TPSA) is 72.2 Å². The molecule has 20 heavy (non-hydrogen) atoms. The van der Waals surface area contributed by atoms with Crippen molar-refractivity contribution in [2.75, 3.05) is 5.73 Å². The van der Waals surface area contributed by atoms with Crippen LogP contribution in [0.1, 0.15) is 38.7 Å². The maximum absolute atomic E-state index is 13.9. The van der Waals surface area contributed by atoms with Gasteiger partial charge in [-0.3, -0.25) is 0 Å². The highest BCUT2D eigenvalue weighted by atomic mass is 32.2. The second kappa shape index (κ2) is 5.00. The van der Waals surface area contributed by atoms with Gasteiger partial charge in [0.25, 0.3) is 0 Å². The van der Waals surface area contributed by atoms with Gasteiger partial charge in [-0.05, 0) is 49.3 Å². The van der Waals surface area contributed by atoms with E-state index in [4.69, 9.17) is 5.73 Å². The molecule has 0 radical (unpaired) electrons. The normalized spacial score (nSPS) is 22.1. The third kappa shape index (κ3) is 3.12. The summed E-state index contributed by atoms with van der Waals surface area (Å²) in [6.45, 7) is 5.85. The van der Waals surface area contributed by atoms with E-state index in [0.29, 0.717) is 5.56 Å². The fourth-order valence-electron chi connectivity index (χ4n) is 2.69. The zero-order valence-corrected chi connectivity index (χ0v) is 12.8. The molecule has 0 spiro atoms. The minimum Gasteiger partial charge on any atom is -0.398 e. The Morgan fingerprint density at radius 3 is 2.60 bits per heavy atom. The van der Waals surface area contributed by atoms with Gasteiger partial charge in [0.1, 0.15) is 10.7 Å². The lowest BCUT2D eigenvalue weighted by Gasteiger charge is -2.18. The van der Waals surface area contributed by atoms with Gasteiger partial charge in [-0.25, -0.2) is 17.5 Å². The van der Waals surface area contributed by atoms with Crippen molar-refractivity contribution in [1.29, 1.82) is 0 Å². The predicted octanol–water partition coefficient (Wildman–Crippen LogP) is 2.57. The number of sulfonamides is 1. The molecule has 4 nitrogen and oxygen atoms in total. The number of nitrogen functional groups attached to an aromatic ring is 1. The highest BCUT2D eigenvalue weighted by molar-refractivity contribution is 7.89. The van der Waals surface area contributed by atoms with Crippen molar-refractivity contribution < 1.29 is 12.8 Å². The first kappa shape index (κ1) is 15.3. The minimum absolute atomic E-state index is 0.123. The predicted molar refractivity (Wildman–Crippen MR) is 77.3 cm³/mol. The third-order valence-electron chi connectivity index (χ3n) is 3.90. The molecule has 0 amide bonds. The van der Waals surface area contributed by atoms with Gasteiger partial charge in [0.05, 0.1) is 0 Å². The van der Waals surface area contributed by atoms with Gasteiger partial charge in [-0.15, -0.1) is 0 Å². The maximum atomic E-state index is 13.9. The summed E-state index contributed by atoms with van der Waals surface area (Å²) >= 11 is 0. The number of nitrogens with two attached hydrogens (primary N) is 1. The smallest absolute Gasteiger partial charge is 0.243 e. The van der Waals surface area contributed by atoms with Gasteiger partial charge in [0.15, 0.2) is 0 Å². The van der Waals surface area contributed by atoms with E-state index < -0.39 is 15.8 Å². The van der Waals surface area contributed by atoms with E-state index in [-0.39, 0.29) is 22.0 Å². The molecular formula is C14H21FN2O2S. The quantitative estimate of drug-likeness (QED) is 0.843. The number of nitrogens with one attached hydrogen (secondary N) is 1. The summed E-state index contributed by atoms with van der Waals surface area (Å²) in [4.78, 5) is -0.370. The average Bonchev–Trinajstić information content (AvgIpc) is 2.62. The van der Waals surface area contributed by atoms with Gasteiger partial charge in [-0.1, -0.05) is 13.8 Å². The zero-order chi connectivity index (χ0) is 15.1. The van der Waals surface area contributed by atoms with E-state index in [1.54, 1.807) is 6.92 Å². The van der Waals surface area contributed by atoms with Crippen LogP contribution in [-0.4, -0.2) is 14.5 Å². The van der Waals surface area contributed by atoms with Crippen LogP contribution in [0, 0.1) is 18.2 Å². The number of aryl methyl sites for hydroxylation is 1. The van der Waals surface area contributed by atoms with Crippen LogP contribution in [-0.2, 0) is 10.0 Å². The monoisotopic (exact) mass is 300 g/mol. The van der Waals surface area contributed by atoms with Crippen LogP contribution in [0.5, 0.6) is 0 Å². The Hall–Kier alpha value is -1.14. The van der Waals surface area contributed by atoms with Crippen LogP contribution in [0.4, 0.5) is 10.1 Å². The number of halogens is 1. The van der Waals surface area contributed by atoms with E-state index in [1.807, 2.05) is 0 Å². The van der Waals surface area contributed by atoms with Crippen molar-refractivity contribution in [3.05, 3.63) is 23.5 Å². The average molecular weight is 300 g/mol. The summed E-state index contributed by atoms with van der Waals surface area (Å²) in [5.41, 5.74) is 6.61. The van der Waals surface area contributed by atoms with Crippen molar-refractivity contribution in [1.82, 2.24) is 4.72 Å². The minimum atomic E-state index is -3.87. The molecule has 1 saturated carbocycles. The van der Waals surface area contributed by atoms with Crippen molar-refractivity contribution >= 4 is 15.7 Å². The molecule has 112 valence electrons. The summed E-state index contributed by atoms with van der Waals surface area (Å²) in [6.07, 6.45) is 2.49. The van der Waals surface area contributed by atoms with Crippen LogP contribution in [0.25, 0.3) is 0 Å². The molecule has 2 rings (SSSR count). The Morgan fingerprint density at radius 2 is 2.05 bits per heavy atom. The largest absolute Gasteiger partial charge is 0.398 e. The number of benzene rings is 1. The van der Waals surface area contributed by atoms with Gasteiger partial charge in [0, 0.05) is 11.7 Å². The lowest BCUT2D eigenvalue weighted by molar-refractivity contribution is 0.372. The van der Waals surface area contributed by atoms with Crippen molar-refractivity contribution in [2.24, 2.45) is 5.41 Å². The molecule has 3 N–H and O–H groups in total. The first-order valence-corrected chi connectivity index (χ1v) is 8.17. The SMILES string of the molecule is Cc1cc(F)c(S(=O)(=O)NC2CCC(C)(C)C2)cc1N. The molecule has 0 aromatic heterocycles. The summed E-state index contributed by atoms with van der Waals surface area (Å²) in [6, 6.07) is 2.20. The number of hydrogen-bond acceptors (Lipinski definition) is 3. The lowest BCUT2D eigenvalue weighted by atomic mass is 9.92. The summed E-state index contributed by atoms with van der Waals surface area (Å²) in [5, 5.41) is 0. The van der Waals surface area contributed by atoms with Crippen LogP contribution in [0.15, 0.2) is 17.0 Å². The van der Waals surface area contributed by atoms with Crippen molar-refractivity contribution in [2.45, 2.75) is 51.0 Å². The second-order valence-corrected chi connectivity index (χ2v) is 8.05. The molecule has 0 heterocycles. The van der Waals surface area contributed by atoms with Crippen LogP contribution in [0.2, 0.25) is 0 Å². The van der Waals surface area contributed by atoms with E-state index in [2.05, 4.69) is 18.6 Å². The summed E-state index contributed by atoms with van der Waals surface area (Å²) in [7, 11) is -3.87. The molecular weight excluding hydrogens is 279 g/mol. The van der Waals surface area contributed by atoms with E-state index >= 15 is 0 Å². The van der Waals surface area contributed by atoms with E-state index in [1.165, 1.54) is 6.07 Å². The molecule has 1 fully saturated rings. The van der Waals surface area contributed by atoms with Gasteiger partial charge >= 0.3 is 0 Å². The fourth-order valence-corrected chi connectivity index (χ4v) is 4.06. The Labute approximate surface area is 119 Å². The van der Waals surface area contributed by atoms with Crippen molar-refractivity contribution in [3.8, 4) is 0 Å². The Bertz CT molecular complexity index is 626. The van der Waals surface area contributed by atoms with Crippen LogP contribution in [0.3, 0.4) is 0 Å². The Morgan fingerprint density at radius 1 is 1.40 bits per heavy atom. The van der Waals surface area contributed by atoms with Crippen molar-refractivity contribution in [3.63, 3.8) is 0 Å². The van der Waals surface area contributed by atoms with Crippen LogP contribution < -0.4 is 10.5 Å². The highest BCUT2D eigenvalue weighted by Gasteiger charge is 2.34. The zero-order valence-electron chi connectivity index (χ0n) is 12.0. The number of rotatable bonds is 3. The number of hydrogen-bond donors (Lipinski definition) is 2. The molecule has 1 atom stereocenters. The molecule has 0 bridgehead atoms. The Kier molecular flexibility index (Phi) is 3.81. The van der Waals surface area contributed by atoms with Gasteiger partial charge < -0.3 is 5.73 Å². The fraction of sp³-hybridized carbons (Fsp3) is 0.571. The molecule has 1 unspecified atom stereocenters. The first-order chi connectivity index (χ1) is 9.11. The lowest BCUT2D eigenvalue weighted by Crippen LogP contribution is -2.34. The first-order valence-electron chi connectivity index (χ1n) is 6.69. The standard InChI is InChI=1S/C14H21FN2O2S/c1-9-6-11(15)13(7-12(9)16)20(18,19)17-10-4-5-14(2,3)8-10/h6-7,10,17H,4-5,8,16H2,1-3H3. The van der Waals surface area contributed by atoms with Gasteiger partial charge in [0.2, 0.25) is 10.0 Å².